The lowest BCUT2D eigenvalue weighted by molar-refractivity contribution is 0.462. The van der Waals surface area contributed by atoms with Crippen LogP contribution in [0.1, 0.15) is 24.2 Å². The van der Waals surface area contributed by atoms with Crippen molar-refractivity contribution < 1.29 is 8.81 Å². The van der Waals surface area contributed by atoms with Crippen molar-refractivity contribution in [1.29, 1.82) is 0 Å². The van der Waals surface area contributed by atoms with Crippen LogP contribution in [0.5, 0.6) is 0 Å². The van der Waals surface area contributed by atoms with Gasteiger partial charge in [0.1, 0.15) is 11.6 Å². The molecule has 3 heterocycles. The molecule has 0 radical (unpaired) electrons. The van der Waals surface area contributed by atoms with Crippen molar-refractivity contribution >= 4 is 35.6 Å². The second-order valence-electron chi connectivity index (χ2n) is 7.39. The highest BCUT2D eigenvalue weighted by Crippen LogP contribution is 2.24. The first-order valence-corrected chi connectivity index (χ1v) is 10.1. The summed E-state index contributed by atoms with van der Waals surface area (Å²) in [5, 5.41) is 13.8. The van der Waals surface area contributed by atoms with Gasteiger partial charge in [-0.3, -0.25) is 10.1 Å². The van der Waals surface area contributed by atoms with Crippen molar-refractivity contribution in [1.82, 2.24) is 25.8 Å². The van der Waals surface area contributed by atoms with Gasteiger partial charge in [-0.15, -0.1) is 29.1 Å². The fourth-order valence-electron chi connectivity index (χ4n) is 3.62. The van der Waals surface area contributed by atoms with Gasteiger partial charge < -0.3 is 20.0 Å². The molecule has 1 aliphatic heterocycles. The minimum Gasteiger partial charge on any atom is -0.461 e. The van der Waals surface area contributed by atoms with Gasteiger partial charge >= 0.3 is 0 Å². The van der Waals surface area contributed by atoms with Gasteiger partial charge in [0, 0.05) is 26.2 Å². The van der Waals surface area contributed by atoms with Crippen LogP contribution in [0, 0.1) is 12.7 Å². The van der Waals surface area contributed by atoms with E-state index < -0.39 is 0 Å². The fraction of sp³-hybridized carbons (Fsp3) is 0.381. The highest BCUT2D eigenvalue weighted by atomic mass is 127. The molecule has 31 heavy (non-hydrogen) atoms. The average Bonchev–Trinajstić information content (AvgIpc) is 3.45. The summed E-state index contributed by atoms with van der Waals surface area (Å²) in [5.74, 6) is 2.30. The lowest BCUT2D eigenvalue weighted by Gasteiger charge is -2.35. The van der Waals surface area contributed by atoms with Crippen LogP contribution in [0.3, 0.4) is 0 Å². The Hall–Kier alpha value is -2.63. The van der Waals surface area contributed by atoms with Gasteiger partial charge in [0.15, 0.2) is 11.7 Å². The molecule has 166 valence electrons. The van der Waals surface area contributed by atoms with Crippen molar-refractivity contribution in [2.75, 3.05) is 25.0 Å². The maximum Gasteiger partial charge on any atom is 0.216 e. The summed E-state index contributed by atoms with van der Waals surface area (Å²) < 4.78 is 19.6. The number of anilines is 1. The highest BCUT2D eigenvalue weighted by Gasteiger charge is 2.23. The van der Waals surface area contributed by atoms with Crippen LogP contribution in [-0.2, 0) is 6.54 Å². The Labute approximate surface area is 197 Å². The number of hydrogen-bond donors (Lipinski definition) is 3. The van der Waals surface area contributed by atoms with Gasteiger partial charge in [0.25, 0.3) is 0 Å². The number of nitrogens with zero attached hydrogens (tertiary/aromatic N) is 4. The molecule has 1 aliphatic rings. The molecule has 4 rings (SSSR count). The van der Waals surface area contributed by atoms with E-state index in [-0.39, 0.29) is 35.8 Å². The monoisotopic (exact) mass is 539 g/mol. The molecule has 0 amide bonds. The molecule has 8 nitrogen and oxygen atoms in total. The Morgan fingerprint density at radius 3 is 3.03 bits per heavy atom. The number of aromatic amines is 1. The zero-order valence-electron chi connectivity index (χ0n) is 17.6. The predicted molar refractivity (Wildman–Crippen MR) is 129 cm³/mol. The minimum atomic E-state index is -0.179. The molecule has 0 saturated carbocycles. The van der Waals surface area contributed by atoms with Gasteiger partial charge in [-0.2, -0.15) is 0 Å². The summed E-state index contributed by atoms with van der Waals surface area (Å²) in [6.45, 7) is 3.98. The molecule has 3 N–H and O–H groups in total. The van der Waals surface area contributed by atoms with Gasteiger partial charge in [0.05, 0.1) is 18.5 Å². The number of rotatable bonds is 5. The molecule has 1 fully saturated rings. The molecule has 10 heteroatoms. The highest BCUT2D eigenvalue weighted by molar-refractivity contribution is 14.0. The van der Waals surface area contributed by atoms with Gasteiger partial charge in [-0.25, -0.2) is 9.37 Å². The van der Waals surface area contributed by atoms with Gasteiger partial charge in [-0.1, -0.05) is 6.07 Å². The Bertz CT molecular complexity index is 1010. The fourth-order valence-corrected chi connectivity index (χ4v) is 3.62. The van der Waals surface area contributed by atoms with Crippen LogP contribution in [0.15, 0.2) is 46.0 Å². The SMILES string of the molecule is CN=C(NCc1nc(-c2ccco2)n[nH]1)NC1CCCN(c2cc(C)ccc2F)C1.I. The van der Waals surface area contributed by atoms with E-state index in [1.54, 1.807) is 25.4 Å². The molecule has 1 atom stereocenters. The number of aromatic nitrogens is 3. The maximum absolute atomic E-state index is 14.3. The summed E-state index contributed by atoms with van der Waals surface area (Å²) in [7, 11) is 1.73. The number of aryl methyl sites for hydroxylation is 1. The van der Waals surface area contributed by atoms with Crippen LogP contribution < -0.4 is 15.5 Å². The standard InChI is InChI=1S/C21H26FN7O.HI/c1-14-7-8-16(22)17(11-14)29-9-3-5-15(13-29)25-21(23-2)24-12-19-26-20(28-27-19)18-6-4-10-30-18;/h4,6-8,10-11,15H,3,5,9,12-13H2,1-2H3,(H2,23,24,25)(H,26,27,28);1H. The molecule has 2 aromatic heterocycles. The number of furan rings is 1. The number of piperidine rings is 1. The normalized spacial score (nSPS) is 16.7. The molecule has 0 spiro atoms. The number of aliphatic imine (C=N–C) groups is 1. The van der Waals surface area contributed by atoms with Gasteiger partial charge in [-0.05, 0) is 49.6 Å². The largest absolute Gasteiger partial charge is 0.461 e. The third kappa shape index (κ3) is 5.75. The van der Waals surface area contributed by atoms with E-state index in [1.165, 1.54) is 6.07 Å². The first-order valence-electron chi connectivity index (χ1n) is 10.1. The van der Waals surface area contributed by atoms with Crippen LogP contribution in [0.25, 0.3) is 11.6 Å². The molecular weight excluding hydrogens is 512 g/mol. The lowest BCUT2D eigenvalue weighted by Crippen LogP contribution is -2.51. The predicted octanol–water partition coefficient (Wildman–Crippen LogP) is 3.46. The zero-order chi connectivity index (χ0) is 20.9. The van der Waals surface area contributed by atoms with Crippen molar-refractivity contribution in [3.05, 3.63) is 53.8 Å². The summed E-state index contributed by atoms with van der Waals surface area (Å²) in [6, 6.07) is 9.02. The Morgan fingerprint density at radius 1 is 1.39 bits per heavy atom. The van der Waals surface area contributed by atoms with Crippen molar-refractivity contribution in [3.63, 3.8) is 0 Å². The average molecular weight is 539 g/mol. The van der Waals surface area contributed by atoms with Crippen LogP contribution >= 0.6 is 24.0 Å². The quantitative estimate of drug-likeness (QED) is 0.261. The van der Waals surface area contributed by atoms with Crippen LogP contribution in [0.2, 0.25) is 0 Å². The molecule has 0 bridgehead atoms. The first-order chi connectivity index (χ1) is 14.6. The zero-order valence-corrected chi connectivity index (χ0v) is 19.9. The number of halogens is 2. The van der Waals surface area contributed by atoms with E-state index in [9.17, 15) is 4.39 Å². The van der Waals surface area contributed by atoms with E-state index in [0.717, 1.165) is 24.9 Å². The smallest absolute Gasteiger partial charge is 0.216 e. The van der Waals surface area contributed by atoms with E-state index in [4.69, 9.17) is 4.42 Å². The van der Waals surface area contributed by atoms with Gasteiger partial charge in [0.2, 0.25) is 5.82 Å². The van der Waals surface area contributed by atoms with E-state index in [1.807, 2.05) is 19.1 Å². The Kier molecular flexibility index (Phi) is 7.88. The molecule has 0 aliphatic carbocycles. The topological polar surface area (TPSA) is 94.4 Å². The number of nitrogens with one attached hydrogen (secondary N) is 3. The third-order valence-corrected chi connectivity index (χ3v) is 5.12. The number of H-pyrrole nitrogens is 1. The molecule has 1 aromatic carbocycles. The third-order valence-electron chi connectivity index (χ3n) is 5.12. The van der Waals surface area contributed by atoms with Crippen molar-refractivity contribution in [2.45, 2.75) is 32.4 Å². The number of hydrogen-bond acceptors (Lipinski definition) is 5. The van der Waals surface area contributed by atoms with E-state index in [2.05, 4.69) is 35.7 Å². The van der Waals surface area contributed by atoms with Crippen LogP contribution in [0.4, 0.5) is 10.1 Å². The summed E-state index contributed by atoms with van der Waals surface area (Å²) in [4.78, 5) is 10.8. The molecule has 1 unspecified atom stereocenters. The second kappa shape index (κ2) is 10.6. The maximum atomic E-state index is 14.3. The molecule has 1 saturated heterocycles. The first kappa shape index (κ1) is 23.0. The second-order valence-corrected chi connectivity index (χ2v) is 7.39. The van der Waals surface area contributed by atoms with Crippen molar-refractivity contribution in [3.8, 4) is 11.6 Å². The van der Waals surface area contributed by atoms with Crippen LogP contribution in [-0.4, -0.2) is 47.3 Å². The summed E-state index contributed by atoms with van der Waals surface area (Å²) in [6.07, 6.45) is 3.57. The number of guanidine groups is 1. The van der Waals surface area contributed by atoms with E-state index >= 15 is 0 Å². The minimum absolute atomic E-state index is 0. The summed E-state index contributed by atoms with van der Waals surface area (Å²) >= 11 is 0. The van der Waals surface area contributed by atoms with Crippen molar-refractivity contribution in [2.24, 2.45) is 4.99 Å². The van der Waals surface area contributed by atoms with E-state index in [0.29, 0.717) is 42.1 Å². The molecular formula is C21H27FIN7O. The number of benzene rings is 1. The molecule has 3 aromatic rings. The lowest BCUT2D eigenvalue weighted by atomic mass is 10.0. The Morgan fingerprint density at radius 2 is 2.26 bits per heavy atom. The summed E-state index contributed by atoms with van der Waals surface area (Å²) in [5.41, 5.74) is 1.72. The Balaban J connectivity index is 0.00000272.